The summed E-state index contributed by atoms with van der Waals surface area (Å²) < 4.78 is 7.36. The molecule has 3 aromatic carbocycles. The molecule has 8 nitrogen and oxygen atoms in total. The number of aromatic nitrogens is 1. The van der Waals surface area contributed by atoms with Crippen LogP contribution in [0.25, 0.3) is 21.8 Å². The number of anilines is 1. The van der Waals surface area contributed by atoms with Gasteiger partial charge in [-0.3, -0.25) is 9.59 Å². The molecular formula is C26H25ClN4O4. The van der Waals surface area contributed by atoms with Gasteiger partial charge in [0.05, 0.1) is 12.5 Å². The lowest BCUT2D eigenvalue weighted by Crippen LogP contribution is -2.35. The first-order valence-electron chi connectivity index (χ1n) is 11.1. The van der Waals surface area contributed by atoms with Gasteiger partial charge in [-0.25, -0.2) is 4.79 Å². The maximum atomic E-state index is 12.5. The molecule has 35 heavy (non-hydrogen) atoms. The smallest absolute Gasteiger partial charge is 0.312 e. The van der Waals surface area contributed by atoms with Crippen LogP contribution in [0.2, 0.25) is 5.02 Å². The average molecular weight is 493 g/mol. The number of rotatable bonds is 8. The standard InChI is InChI=1S/C26H25ClN4O4/c1-2-31-22-6-4-3-5-19(22)20-13-18(11-12-23(20)31)29-24(32)15-35-25(33)14-21(30-26(28)34)16-7-9-17(27)10-8-16/h3-13,21H,2,14-15H2,1H3,(H,29,32)(H3,28,30,34). The summed E-state index contributed by atoms with van der Waals surface area (Å²) in [6.07, 6.45) is -0.194. The zero-order chi connectivity index (χ0) is 24.9. The summed E-state index contributed by atoms with van der Waals surface area (Å²) in [6, 6.07) is 18.9. The highest BCUT2D eigenvalue weighted by Gasteiger charge is 2.19. The van der Waals surface area contributed by atoms with E-state index in [-0.39, 0.29) is 6.42 Å². The highest BCUT2D eigenvalue weighted by Crippen LogP contribution is 2.31. The first-order valence-corrected chi connectivity index (χ1v) is 11.5. The normalized spacial score (nSPS) is 11.8. The van der Waals surface area contributed by atoms with Crippen molar-refractivity contribution in [1.29, 1.82) is 0 Å². The minimum absolute atomic E-state index is 0.194. The number of esters is 1. The molecule has 4 rings (SSSR count). The van der Waals surface area contributed by atoms with Gasteiger partial charge in [-0.15, -0.1) is 0 Å². The van der Waals surface area contributed by atoms with Gasteiger partial charge in [0.25, 0.3) is 5.91 Å². The number of carbonyl (C=O) groups is 3. The number of primary amides is 1. The van der Waals surface area contributed by atoms with Gasteiger partial charge in [-0.05, 0) is 48.9 Å². The zero-order valence-corrected chi connectivity index (χ0v) is 19.8. The molecule has 4 N–H and O–H groups in total. The van der Waals surface area contributed by atoms with E-state index in [9.17, 15) is 14.4 Å². The van der Waals surface area contributed by atoms with Crippen molar-refractivity contribution in [2.24, 2.45) is 5.73 Å². The number of urea groups is 1. The Hall–Kier alpha value is -4.04. The van der Waals surface area contributed by atoms with Crippen molar-refractivity contribution >= 4 is 57.0 Å². The van der Waals surface area contributed by atoms with Crippen molar-refractivity contribution in [1.82, 2.24) is 9.88 Å². The van der Waals surface area contributed by atoms with Gasteiger partial charge in [-0.1, -0.05) is 41.9 Å². The molecule has 0 saturated heterocycles. The molecule has 3 amide bonds. The molecule has 180 valence electrons. The highest BCUT2D eigenvalue weighted by molar-refractivity contribution is 6.30. The Labute approximate surface area is 207 Å². The molecule has 0 radical (unpaired) electrons. The predicted octanol–water partition coefficient (Wildman–Crippen LogP) is 4.75. The quantitative estimate of drug-likeness (QED) is 0.308. The molecule has 1 heterocycles. The summed E-state index contributed by atoms with van der Waals surface area (Å²) in [5.41, 5.74) is 8.68. The van der Waals surface area contributed by atoms with Gasteiger partial charge in [0, 0.05) is 39.1 Å². The average Bonchev–Trinajstić information content (AvgIpc) is 3.15. The minimum atomic E-state index is -0.782. The first kappa shape index (κ1) is 24.1. The number of amides is 3. The van der Waals surface area contributed by atoms with Gasteiger partial charge in [0.1, 0.15) is 0 Å². The number of fused-ring (bicyclic) bond motifs is 3. The van der Waals surface area contributed by atoms with Crippen LogP contribution in [-0.2, 0) is 20.9 Å². The number of aryl methyl sites for hydroxylation is 1. The Morgan fingerprint density at radius 1 is 1.00 bits per heavy atom. The summed E-state index contributed by atoms with van der Waals surface area (Å²) in [4.78, 5) is 36.2. The van der Waals surface area contributed by atoms with Crippen molar-refractivity contribution in [2.75, 3.05) is 11.9 Å². The number of halogens is 1. The molecule has 0 spiro atoms. The van der Waals surface area contributed by atoms with Crippen LogP contribution >= 0.6 is 11.6 Å². The van der Waals surface area contributed by atoms with E-state index >= 15 is 0 Å². The van der Waals surface area contributed by atoms with Crippen LogP contribution in [-0.4, -0.2) is 29.1 Å². The van der Waals surface area contributed by atoms with E-state index in [1.807, 2.05) is 30.3 Å². The van der Waals surface area contributed by atoms with E-state index in [2.05, 4.69) is 34.3 Å². The molecular weight excluding hydrogens is 468 g/mol. The van der Waals surface area contributed by atoms with Gasteiger partial charge in [0.15, 0.2) is 6.61 Å². The van der Waals surface area contributed by atoms with Gasteiger partial charge in [0.2, 0.25) is 0 Å². The Kier molecular flexibility index (Phi) is 7.22. The van der Waals surface area contributed by atoms with Crippen molar-refractivity contribution in [3.8, 4) is 0 Å². The predicted molar refractivity (Wildman–Crippen MR) is 136 cm³/mol. The molecule has 0 fully saturated rings. The molecule has 1 atom stereocenters. The number of nitrogens with two attached hydrogens (primary N) is 1. The van der Waals surface area contributed by atoms with Crippen LogP contribution in [0, 0.1) is 0 Å². The fourth-order valence-corrected chi connectivity index (χ4v) is 4.29. The fourth-order valence-electron chi connectivity index (χ4n) is 4.16. The molecule has 1 unspecified atom stereocenters. The lowest BCUT2D eigenvalue weighted by molar-refractivity contribution is -0.147. The van der Waals surface area contributed by atoms with Crippen LogP contribution in [0.1, 0.15) is 24.9 Å². The van der Waals surface area contributed by atoms with E-state index in [1.54, 1.807) is 24.3 Å². The van der Waals surface area contributed by atoms with Crippen LogP contribution in [0.5, 0.6) is 0 Å². The third-order valence-electron chi connectivity index (χ3n) is 5.70. The van der Waals surface area contributed by atoms with Crippen molar-refractivity contribution in [2.45, 2.75) is 25.9 Å². The molecule has 1 aromatic heterocycles. The summed E-state index contributed by atoms with van der Waals surface area (Å²) in [5, 5.41) is 7.92. The molecule has 0 bridgehead atoms. The third kappa shape index (κ3) is 5.55. The number of para-hydroxylation sites is 1. The largest absolute Gasteiger partial charge is 0.455 e. The lowest BCUT2D eigenvalue weighted by atomic mass is 10.0. The Bertz CT molecular complexity index is 1400. The highest BCUT2D eigenvalue weighted by atomic mass is 35.5. The molecule has 0 aliphatic heterocycles. The number of hydrogen-bond acceptors (Lipinski definition) is 4. The second kappa shape index (κ2) is 10.5. The number of benzene rings is 3. The molecule has 0 aliphatic carbocycles. The Morgan fingerprint density at radius 3 is 2.43 bits per heavy atom. The summed E-state index contributed by atoms with van der Waals surface area (Å²) in [6.45, 7) is 2.46. The van der Waals surface area contributed by atoms with Crippen LogP contribution in [0.15, 0.2) is 66.7 Å². The van der Waals surface area contributed by atoms with Crippen molar-refractivity contribution in [3.05, 3.63) is 77.3 Å². The Morgan fingerprint density at radius 2 is 1.71 bits per heavy atom. The third-order valence-corrected chi connectivity index (χ3v) is 5.95. The van der Waals surface area contributed by atoms with Crippen LogP contribution in [0.3, 0.4) is 0 Å². The van der Waals surface area contributed by atoms with Gasteiger partial charge in [-0.2, -0.15) is 0 Å². The molecule has 9 heteroatoms. The summed E-state index contributed by atoms with van der Waals surface area (Å²) in [5.74, 6) is -1.13. The maximum Gasteiger partial charge on any atom is 0.312 e. The van der Waals surface area contributed by atoms with Crippen LogP contribution in [0.4, 0.5) is 10.5 Å². The van der Waals surface area contributed by atoms with Crippen LogP contribution < -0.4 is 16.4 Å². The number of ether oxygens (including phenoxy) is 1. The second-order valence-corrected chi connectivity index (χ2v) is 8.46. The topological polar surface area (TPSA) is 115 Å². The monoisotopic (exact) mass is 492 g/mol. The molecule has 0 aliphatic rings. The fraction of sp³-hybridized carbons (Fsp3) is 0.192. The van der Waals surface area contributed by atoms with E-state index in [0.29, 0.717) is 16.3 Å². The molecule has 4 aromatic rings. The SMILES string of the molecule is CCn1c2ccccc2c2cc(NC(=O)COC(=O)CC(NC(N)=O)c3ccc(Cl)cc3)ccc21. The van der Waals surface area contributed by atoms with E-state index in [0.717, 1.165) is 28.4 Å². The van der Waals surface area contributed by atoms with Gasteiger partial charge < -0.3 is 25.7 Å². The number of nitrogens with one attached hydrogen (secondary N) is 2. The maximum absolute atomic E-state index is 12.5. The minimum Gasteiger partial charge on any atom is -0.455 e. The van der Waals surface area contributed by atoms with Crippen molar-refractivity contribution < 1.29 is 19.1 Å². The summed E-state index contributed by atoms with van der Waals surface area (Å²) >= 11 is 5.90. The van der Waals surface area contributed by atoms with E-state index in [1.165, 1.54) is 0 Å². The number of hydrogen-bond donors (Lipinski definition) is 3. The zero-order valence-electron chi connectivity index (χ0n) is 19.1. The van der Waals surface area contributed by atoms with Crippen molar-refractivity contribution in [3.63, 3.8) is 0 Å². The van der Waals surface area contributed by atoms with E-state index in [4.69, 9.17) is 22.1 Å². The summed E-state index contributed by atoms with van der Waals surface area (Å²) in [7, 11) is 0. The number of nitrogens with zero attached hydrogens (tertiary/aromatic N) is 1. The molecule has 0 saturated carbocycles. The second-order valence-electron chi connectivity index (χ2n) is 8.02. The van der Waals surface area contributed by atoms with E-state index < -0.39 is 30.6 Å². The first-order chi connectivity index (χ1) is 16.9. The Balaban J connectivity index is 1.40. The van der Waals surface area contributed by atoms with Gasteiger partial charge >= 0.3 is 12.0 Å². The lowest BCUT2D eigenvalue weighted by Gasteiger charge is -2.17. The number of carbonyl (C=O) groups excluding carboxylic acids is 3.